The fourth-order valence-corrected chi connectivity index (χ4v) is 1.57. The average molecular weight is 200 g/mol. The van der Waals surface area contributed by atoms with E-state index < -0.39 is 0 Å². The zero-order valence-electron chi connectivity index (χ0n) is 6.96. The van der Waals surface area contributed by atoms with E-state index in [0.29, 0.717) is 6.61 Å². The van der Waals surface area contributed by atoms with Crippen molar-refractivity contribution in [2.24, 2.45) is 0 Å². The van der Waals surface area contributed by atoms with Crippen LogP contribution in [0, 0.1) is 0 Å². The highest BCUT2D eigenvalue weighted by Gasteiger charge is 2.18. The lowest BCUT2D eigenvalue weighted by molar-refractivity contribution is 0.254. The molecule has 1 atom stereocenters. The molecule has 1 aliphatic heterocycles. The summed E-state index contributed by atoms with van der Waals surface area (Å²) in [5, 5.41) is 9.19. The second kappa shape index (κ2) is 3.44. The van der Waals surface area contributed by atoms with E-state index in [1.54, 1.807) is 12.1 Å². The highest BCUT2D eigenvalue weighted by atomic mass is 35.5. The quantitative estimate of drug-likeness (QED) is 0.673. The van der Waals surface area contributed by atoms with E-state index in [4.69, 9.17) is 16.5 Å². The molecule has 2 rings (SSSR count). The molecule has 0 fully saturated rings. The smallest absolute Gasteiger partial charge is 0.126 e. The van der Waals surface area contributed by atoms with Crippen molar-refractivity contribution >= 4 is 11.8 Å². The van der Waals surface area contributed by atoms with Crippen LogP contribution in [0.4, 0.5) is 0 Å². The molecule has 0 bridgehead atoms. The Balaban J connectivity index is 2.26. The molecule has 4 heteroatoms. The third-order valence-electron chi connectivity index (χ3n) is 2.11. The first-order chi connectivity index (χ1) is 6.29. The zero-order valence-corrected chi connectivity index (χ0v) is 7.71. The molecule has 1 aliphatic rings. The predicted molar refractivity (Wildman–Crippen MR) is 50.1 cm³/mol. The van der Waals surface area contributed by atoms with Crippen molar-refractivity contribution in [3.8, 4) is 11.5 Å². The summed E-state index contributed by atoms with van der Waals surface area (Å²) in [7, 11) is 0. The Kier molecular flexibility index (Phi) is 2.29. The maximum atomic E-state index is 9.19. The summed E-state index contributed by atoms with van der Waals surface area (Å²) in [6.07, 6.45) is 0.832. The van der Waals surface area contributed by atoms with Gasteiger partial charge in [-0.2, -0.15) is 0 Å². The van der Waals surface area contributed by atoms with E-state index in [1.165, 1.54) is 0 Å². The fraction of sp³-hybridized carbons (Fsp3) is 0.333. The number of hydrogen-bond acceptors (Lipinski definition) is 3. The van der Waals surface area contributed by atoms with E-state index >= 15 is 0 Å². The van der Waals surface area contributed by atoms with Crippen LogP contribution in [0.25, 0.3) is 0 Å². The number of fused-ring (bicyclic) bond motifs is 1. The average Bonchev–Trinajstić information content (AvgIpc) is 2.17. The molecule has 0 saturated carbocycles. The predicted octanol–water partition coefficient (Wildman–Crippen LogP) is 1.44. The van der Waals surface area contributed by atoms with Crippen molar-refractivity contribution in [3.05, 3.63) is 23.8 Å². The third-order valence-corrected chi connectivity index (χ3v) is 2.42. The van der Waals surface area contributed by atoms with Gasteiger partial charge in [0.1, 0.15) is 18.1 Å². The van der Waals surface area contributed by atoms with E-state index in [1.807, 2.05) is 6.07 Å². The van der Waals surface area contributed by atoms with Gasteiger partial charge in [-0.1, -0.05) is 6.07 Å². The van der Waals surface area contributed by atoms with Crippen molar-refractivity contribution < 1.29 is 9.84 Å². The Hall–Kier alpha value is -0.930. The van der Waals surface area contributed by atoms with Crippen LogP contribution in [0.3, 0.4) is 0 Å². The molecule has 3 nitrogen and oxygen atoms in total. The first kappa shape index (κ1) is 8.66. The van der Waals surface area contributed by atoms with Crippen LogP contribution >= 0.6 is 11.8 Å². The number of phenolic OH excluding ortho intramolecular Hbond substituents is 1. The van der Waals surface area contributed by atoms with Gasteiger partial charge in [0.15, 0.2) is 0 Å². The molecule has 13 heavy (non-hydrogen) atoms. The number of rotatable bonds is 1. The second-order valence-electron chi connectivity index (χ2n) is 3.11. The standard InChI is InChI=1S/C9H10ClNO2/c10-11-7-3-6-1-2-8(12)4-9(6)13-5-7/h1-2,4,7,11-12H,3,5H2/t7-/m0/s1. The van der Waals surface area contributed by atoms with E-state index in [9.17, 15) is 5.11 Å². The van der Waals surface area contributed by atoms with Gasteiger partial charge in [-0.3, -0.25) is 0 Å². The van der Waals surface area contributed by atoms with Crippen molar-refractivity contribution in [2.75, 3.05) is 6.61 Å². The molecule has 0 aromatic heterocycles. The van der Waals surface area contributed by atoms with Gasteiger partial charge in [0, 0.05) is 6.07 Å². The number of phenols is 1. The molecule has 0 radical (unpaired) electrons. The van der Waals surface area contributed by atoms with Gasteiger partial charge in [-0.05, 0) is 29.8 Å². The van der Waals surface area contributed by atoms with Crippen LogP contribution < -0.4 is 9.57 Å². The van der Waals surface area contributed by atoms with E-state index in [0.717, 1.165) is 17.7 Å². The molecule has 0 saturated heterocycles. The minimum atomic E-state index is 0.152. The number of nitrogens with one attached hydrogen (secondary N) is 1. The molecular formula is C9H10ClNO2. The Morgan fingerprint density at radius 1 is 1.54 bits per heavy atom. The minimum absolute atomic E-state index is 0.152. The number of aromatic hydroxyl groups is 1. The summed E-state index contributed by atoms with van der Waals surface area (Å²) in [6.45, 7) is 0.542. The van der Waals surface area contributed by atoms with Crippen molar-refractivity contribution in [1.82, 2.24) is 4.84 Å². The molecular weight excluding hydrogens is 190 g/mol. The van der Waals surface area contributed by atoms with E-state index in [-0.39, 0.29) is 11.8 Å². The molecule has 0 spiro atoms. The fourth-order valence-electron chi connectivity index (χ4n) is 1.43. The summed E-state index contributed by atoms with van der Waals surface area (Å²) in [5.41, 5.74) is 1.07. The maximum absolute atomic E-state index is 9.19. The van der Waals surface area contributed by atoms with Crippen LogP contribution in [0.15, 0.2) is 18.2 Å². The van der Waals surface area contributed by atoms with Gasteiger partial charge < -0.3 is 9.84 Å². The summed E-state index contributed by atoms with van der Waals surface area (Å²) in [5.74, 6) is 0.985. The topological polar surface area (TPSA) is 41.5 Å². The molecule has 0 amide bonds. The maximum Gasteiger partial charge on any atom is 0.126 e. The monoisotopic (exact) mass is 199 g/mol. The summed E-state index contributed by atoms with van der Waals surface area (Å²) < 4.78 is 5.40. The molecule has 70 valence electrons. The van der Waals surface area contributed by atoms with Gasteiger partial charge in [0.25, 0.3) is 0 Å². The summed E-state index contributed by atoms with van der Waals surface area (Å²) >= 11 is 5.50. The summed E-state index contributed by atoms with van der Waals surface area (Å²) in [4.78, 5) is 2.64. The lowest BCUT2D eigenvalue weighted by Crippen LogP contribution is -2.34. The van der Waals surface area contributed by atoms with Crippen molar-refractivity contribution in [2.45, 2.75) is 12.5 Å². The number of hydrogen-bond donors (Lipinski definition) is 2. The second-order valence-corrected chi connectivity index (χ2v) is 3.33. The molecule has 1 aromatic carbocycles. The number of halogens is 1. The highest BCUT2D eigenvalue weighted by molar-refractivity contribution is 6.13. The minimum Gasteiger partial charge on any atom is -0.508 e. The molecule has 1 aromatic rings. The molecule has 1 heterocycles. The van der Waals surface area contributed by atoms with Crippen LogP contribution in [-0.4, -0.2) is 17.8 Å². The normalized spacial score (nSPS) is 20.5. The van der Waals surface area contributed by atoms with Gasteiger partial charge in [0.2, 0.25) is 0 Å². The SMILES string of the molecule is Oc1ccc2c(c1)OC[C@@H](NCl)C2. The lowest BCUT2D eigenvalue weighted by atomic mass is 10.0. The zero-order chi connectivity index (χ0) is 9.26. The van der Waals surface area contributed by atoms with Gasteiger partial charge in [-0.15, -0.1) is 0 Å². The van der Waals surface area contributed by atoms with E-state index in [2.05, 4.69) is 4.84 Å². The Morgan fingerprint density at radius 3 is 3.15 bits per heavy atom. The van der Waals surface area contributed by atoms with Crippen molar-refractivity contribution in [1.29, 1.82) is 0 Å². The molecule has 0 aliphatic carbocycles. The largest absolute Gasteiger partial charge is 0.508 e. The number of ether oxygens (including phenoxy) is 1. The Bertz CT molecular complexity index is 316. The van der Waals surface area contributed by atoms with Crippen LogP contribution in [0.1, 0.15) is 5.56 Å². The molecule has 2 N–H and O–H groups in total. The van der Waals surface area contributed by atoms with Crippen LogP contribution in [-0.2, 0) is 6.42 Å². The van der Waals surface area contributed by atoms with Crippen LogP contribution in [0.5, 0.6) is 11.5 Å². The highest BCUT2D eigenvalue weighted by Crippen LogP contribution is 2.28. The number of benzene rings is 1. The summed E-state index contributed by atoms with van der Waals surface area (Å²) in [6, 6.07) is 5.28. The van der Waals surface area contributed by atoms with Gasteiger partial charge in [-0.25, -0.2) is 4.84 Å². The Morgan fingerprint density at radius 2 is 2.38 bits per heavy atom. The first-order valence-corrected chi connectivity index (χ1v) is 4.48. The van der Waals surface area contributed by atoms with Gasteiger partial charge in [0.05, 0.1) is 6.04 Å². The third kappa shape index (κ3) is 1.71. The first-order valence-electron chi connectivity index (χ1n) is 4.10. The molecule has 0 unspecified atom stereocenters. The van der Waals surface area contributed by atoms with Crippen LogP contribution in [0.2, 0.25) is 0 Å². The Labute approximate surface area is 81.4 Å². The van der Waals surface area contributed by atoms with Crippen molar-refractivity contribution in [3.63, 3.8) is 0 Å². The lowest BCUT2D eigenvalue weighted by Gasteiger charge is -2.23. The van der Waals surface area contributed by atoms with Gasteiger partial charge >= 0.3 is 0 Å².